The summed E-state index contributed by atoms with van der Waals surface area (Å²) in [6.45, 7) is 31.8. The molecule has 1 heterocycles. The molecule has 2 atom stereocenters. The minimum Gasteiger partial charge on any atom is -0.508 e. The predicted octanol–water partition coefficient (Wildman–Crippen LogP) is 11.8. The van der Waals surface area contributed by atoms with Crippen molar-refractivity contribution in [2.45, 2.75) is 139 Å². The Hall–Kier alpha value is -2.52. The van der Waals surface area contributed by atoms with Crippen LogP contribution in [0.15, 0.2) is 73.0 Å². The van der Waals surface area contributed by atoms with Crippen LogP contribution in [-0.2, 0) is 6.54 Å². The second kappa shape index (κ2) is 22.1. The molecule has 4 rings (SSSR count). The highest BCUT2D eigenvalue weighted by molar-refractivity contribution is 5.24. The number of nitrogens with zero attached hydrogens (tertiary/aromatic N) is 1. The van der Waals surface area contributed by atoms with E-state index in [1.807, 2.05) is 32.9 Å². The zero-order chi connectivity index (χ0) is 33.8. The van der Waals surface area contributed by atoms with Crippen molar-refractivity contribution in [3.05, 3.63) is 89.6 Å². The van der Waals surface area contributed by atoms with Gasteiger partial charge >= 0.3 is 0 Å². The van der Waals surface area contributed by atoms with E-state index in [4.69, 9.17) is 5.11 Å². The number of unbranched alkanes of at least 4 members (excludes halogenated alkanes) is 2. The lowest BCUT2D eigenvalue weighted by Crippen LogP contribution is -2.46. The minimum absolute atomic E-state index is 0.170. The SMILES string of the molecule is C=C(C)C(NC(=C)C1(C)CCN(Cc2ccc(C)cc2)CC1)C(C)C1CCCCC1.CC.CCCCC.Cc1ccc(O)cc1. The fourth-order valence-corrected chi connectivity index (χ4v) is 6.35. The monoisotopic (exact) mass is 619 g/mol. The lowest BCUT2D eigenvalue weighted by atomic mass is 9.74. The number of nitrogens with one attached hydrogen (secondary N) is 1. The Morgan fingerprint density at radius 2 is 1.38 bits per heavy atom. The first-order chi connectivity index (χ1) is 21.5. The minimum atomic E-state index is 0.170. The van der Waals surface area contributed by atoms with Gasteiger partial charge in [-0.1, -0.05) is 159 Å². The molecule has 254 valence electrons. The summed E-state index contributed by atoms with van der Waals surface area (Å²) in [5.74, 6) is 1.78. The number of likely N-dealkylation sites (tertiary alicyclic amines) is 1. The Bertz CT molecular complexity index is 1030. The van der Waals surface area contributed by atoms with Gasteiger partial charge in [-0.25, -0.2) is 0 Å². The van der Waals surface area contributed by atoms with Gasteiger partial charge in [-0.2, -0.15) is 0 Å². The fourth-order valence-electron chi connectivity index (χ4n) is 6.35. The van der Waals surface area contributed by atoms with Gasteiger partial charge in [0.25, 0.3) is 0 Å². The Labute approximate surface area is 279 Å². The maximum absolute atomic E-state index is 8.76. The maximum Gasteiger partial charge on any atom is 0.115 e. The summed E-state index contributed by atoms with van der Waals surface area (Å²) in [5.41, 5.74) is 6.58. The maximum atomic E-state index is 8.76. The molecule has 0 amide bonds. The van der Waals surface area contributed by atoms with E-state index in [1.165, 1.54) is 92.2 Å². The van der Waals surface area contributed by atoms with Gasteiger partial charge in [0.05, 0.1) is 0 Å². The molecule has 0 bridgehead atoms. The van der Waals surface area contributed by atoms with Crippen LogP contribution in [0.5, 0.6) is 5.75 Å². The fraction of sp³-hybridized carbons (Fsp3) is 0.619. The molecule has 3 heteroatoms. The van der Waals surface area contributed by atoms with E-state index in [0.717, 1.165) is 25.6 Å². The molecule has 0 spiro atoms. The van der Waals surface area contributed by atoms with Gasteiger partial charge in [-0.15, -0.1) is 0 Å². The van der Waals surface area contributed by atoms with E-state index < -0.39 is 0 Å². The van der Waals surface area contributed by atoms with Gasteiger partial charge < -0.3 is 10.4 Å². The average Bonchev–Trinajstić information content (AvgIpc) is 3.05. The van der Waals surface area contributed by atoms with Crippen molar-refractivity contribution >= 4 is 0 Å². The van der Waals surface area contributed by atoms with Crippen LogP contribution in [0.2, 0.25) is 0 Å². The lowest BCUT2D eigenvalue weighted by molar-refractivity contribution is 0.129. The quantitative estimate of drug-likeness (QED) is 0.260. The zero-order valence-electron chi connectivity index (χ0n) is 30.9. The second-order valence-corrected chi connectivity index (χ2v) is 13.7. The number of hydrogen-bond acceptors (Lipinski definition) is 3. The van der Waals surface area contributed by atoms with Crippen molar-refractivity contribution in [3.8, 4) is 5.75 Å². The Morgan fingerprint density at radius 1 is 0.889 bits per heavy atom. The van der Waals surface area contributed by atoms with Gasteiger partial charge in [0.15, 0.2) is 0 Å². The van der Waals surface area contributed by atoms with E-state index in [-0.39, 0.29) is 5.41 Å². The Morgan fingerprint density at radius 3 is 1.80 bits per heavy atom. The third-order valence-electron chi connectivity index (χ3n) is 9.74. The second-order valence-electron chi connectivity index (χ2n) is 13.7. The molecule has 2 unspecified atom stereocenters. The van der Waals surface area contributed by atoms with Gasteiger partial charge in [0.2, 0.25) is 0 Å². The van der Waals surface area contributed by atoms with Gasteiger partial charge in [-0.3, -0.25) is 4.90 Å². The molecule has 2 fully saturated rings. The molecule has 1 aliphatic heterocycles. The van der Waals surface area contributed by atoms with Crippen LogP contribution in [0.4, 0.5) is 0 Å². The zero-order valence-corrected chi connectivity index (χ0v) is 30.9. The summed E-state index contributed by atoms with van der Waals surface area (Å²) in [5, 5.41) is 12.6. The first-order valence-corrected chi connectivity index (χ1v) is 18.1. The van der Waals surface area contributed by atoms with E-state index in [0.29, 0.717) is 17.7 Å². The lowest BCUT2D eigenvalue weighted by Gasteiger charge is -2.43. The topological polar surface area (TPSA) is 35.5 Å². The van der Waals surface area contributed by atoms with Gasteiger partial charge in [0.1, 0.15) is 5.75 Å². The van der Waals surface area contributed by atoms with Crippen LogP contribution in [0.3, 0.4) is 0 Å². The highest BCUT2D eigenvalue weighted by Gasteiger charge is 2.35. The largest absolute Gasteiger partial charge is 0.508 e. The highest BCUT2D eigenvalue weighted by atomic mass is 16.3. The molecule has 0 radical (unpaired) electrons. The molecule has 1 saturated heterocycles. The van der Waals surface area contributed by atoms with Gasteiger partial charge in [-0.05, 0) is 76.2 Å². The van der Waals surface area contributed by atoms with Crippen molar-refractivity contribution in [2.24, 2.45) is 17.3 Å². The van der Waals surface area contributed by atoms with Crippen molar-refractivity contribution in [3.63, 3.8) is 0 Å². The third kappa shape index (κ3) is 15.1. The third-order valence-corrected chi connectivity index (χ3v) is 9.74. The van der Waals surface area contributed by atoms with Crippen LogP contribution >= 0.6 is 0 Å². The molecule has 1 saturated carbocycles. The smallest absolute Gasteiger partial charge is 0.115 e. The molecule has 2 aliphatic rings. The van der Waals surface area contributed by atoms with E-state index in [1.54, 1.807) is 12.1 Å². The van der Waals surface area contributed by atoms with Crippen LogP contribution in [0.25, 0.3) is 0 Å². The Balaban J connectivity index is 0.000000556. The standard InChI is InChI=1S/C28H44N2.C7H8O.C5H12.C2H6/c1-21(2)27(23(4)26-10-8-7-9-11-26)29-24(5)28(6)16-18-30(19-17-28)20-25-14-12-22(3)13-15-25;1-6-2-4-7(8)5-3-6;1-3-5-4-2;1-2/h12-15,23,26-27,29H,1,5,7-11,16-20H2,2-4,6H3;2-5,8H,1H3;3-5H2,1-2H3;1-2H3. The number of aryl methyl sites for hydroxylation is 2. The highest BCUT2D eigenvalue weighted by Crippen LogP contribution is 2.39. The van der Waals surface area contributed by atoms with E-state index in [9.17, 15) is 0 Å². The number of phenols is 1. The summed E-state index contributed by atoms with van der Waals surface area (Å²) in [6, 6.07) is 16.4. The molecule has 2 aromatic rings. The molecule has 45 heavy (non-hydrogen) atoms. The molecule has 2 N–H and O–H groups in total. The normalized spacial score (nSPS) is 17.5. The average molecular weight is 619 g/mol. The molecule has 0 aromatic heterocycles. The molecule has 3 nitrogen and oxygen atoms in total. The summed E-state index contributed by atoms with van der Waals surface area (Å²) < 4.78 is 0. The van der Waals surface area contributed by atoms with Gasteiger partial charge in [0, 0.05) is 23.7 Å². The van der Waals surface area contributed by atoms with Crippen molar-refractivity contribution in [1.29, 1.82) is 0 Å². The predicted molar refractivity (Wildman–Crippen MR) is 200 cm³/mol. The Kier molecular flexibility index (Phi) is 19.9. The molecular weight excluding hydrogens is 548 g/mol. The van der Waals surface area contributed by atoms with Crippen LogP contribution in [0, 0.1) is 31.1 Å². The van der Waals surface area contributed by atoms with Crippen LogP contribution in [0.1, 0.15) is 129 Å². The molecule has 1 aliphatic carbocycles. The number of phenolic OH excluding ortho intramolecular Hbond substituents is 1. The van der Waals surface area contributed by atoms with Crippen LogP contribution in [-0.4, -0.2) is 29.1 Å². The van der Waals surface area contributed by atoms with E-state index in [2.05, 4.69) is 89.2 Å². The number of benzene rings is 2. The number of rotatable bonds is 10. The summed E-state index contributed by atoms with van der Waals surface area (Å²) in [7, 11) is 0. The number of allylic oxidation sites excluding steroid dienone is 1. The molecule has 2 aromatic carbocycles. The molecular formula is C42H70N2O. The van der Waals surface area contributed by atoms with Crippen molar-refractivity contribution in [2.75, 3.05) is 13.1 Å². The summed E-state index contributed by atoms with van der Waals surface area (Å²) in [6.07, 6.45) is 13.4. The number of aromatic hydroxyl groups is 1. The summed E-state index contributed by atoms with van der Waals surface area (Å²) >= 11 is 0. The first kappa shape index (κ1) is 40.5. The number of piperidine rings is 1. The van der Waals surface area contributed by atoms with Crippen molar-refractivity contribution < 1.29 is 5.11 Å². The van der Waals surface area contributed by atoms with Crippen molar-refractivity contribution in [1.82, 2.24) is 10.2 Å². The summed E-state index contributed by atoms with van der Waals surface area (Å²) in [4.78, 5) is 2.60. The van der Waals surface area contributed by atoms with Crippen LogP contribution < -0.4 is 5.32 Å². The first-order valence-electron chi connectivity index (χ1n) is 18.1. The van der Waals surface area contributed by atoms with E-state index >= 15 is 0 Å². The number of hydrogen-bond donors (Lipinski definition) is 2.